The maximum Gasteiger partial charge on any atom is 0.0461 e. The van der Waals surface area contributed by atoms with Crippen molar-refractivity contribution in [1.29, 1.82) is 0 Å². The molecule has 1 aliphatic rings. The van der Waals surface area contributed by atoms with Gasteiger partial charge in [0.2, 0.25) is 0 Å². The first kappa shape index (κ1) is 16.9. The summed E-state index contributed by atoms with van der Waals surface area (Å²) < 4.78 is 0. The molecule has 4 rings (SSSR count). The first-order chi connectivity index (χ1) is 12.8. The van der Waals surface area contributed by atoms with Crippen molar-refractivity contribution in [2.24, 2.45) is 5.73 Å². The molecule has 2 nitrogen and oxygen atoms in total. The molecule has 0 saturated heterocycles. The molecule has 1 saturated carbocycles. The minimum atomic E-state index is 0.379. The van der Waals surface area contributed by atoms with E-state index in [0.717, 1.165) is 25.7 Å². The fourth-order valence-electron chi connectivity index (χ4n) is 3.72. The van der Waals surface area contributed by atoms with Gasteiger partial charge < -0.3 is 10.6 Å². The summed E-state index contributed by atoms with van der Waals surface area (Å²) in [7, 11) is 0. The highest BCUT2D eigenvalue weighted by atomic mass is 15.1. The van der Waals surface area contributed by atoms with Crippen molar-refractivity contribution in [3.8, 4) is 0 Å². The van der Waals surface area contributed by atoms with Crippen LogP contribution in [-0.4, -0.2) is 6.04 Å². The van der Waals surface area contributed by atoms with Crippen LogP contribution in [0.25, 0.3) is 0 Å². The number of benzene rings is 3. The van der Waals surface area contributed by atoms with Gasteiger partial charge in [0.25, 0.3) is 0 Å². The molecular formula is C24H25N2. The Morgan fingerprint density at radius 1 is 0.615 bits per heavy atom. The maximum absolute atomic E-state index is 6.05. The summed E-state index contributed by atoms with van der Waals surface area (Å²) in [4.78, 5) is 2.30. The van der Waals surface area contributed by atoms with Crippen LogP contribution >= 0.6 is 0 Å². The Bertz CT molecular complexity index is 764. The van der Waals surface area contributed by atoms with E-state index in [4.69, 9.17) is 5.73 Å². The topological polar surface area (TPSA) is 29.3 Å². The Hall–Kier alpha value is -2.58. The van der Waals surface area contributed by atoms with Gasteiger partial charge in [-0.3, -0.25) is 0 Å². The molecular weight excluding hydrogens is 316 g/mol. The van der Waals surface area contributed by atoms with E-state index in [1.54, 1.807) is 5.92 Å². The average molecular weight is 341 g/mol. The maximum atomic E-state index is 6.05. The molecule has 0 aromatic heterocycles. The van der Waals surface area contributed by atoms with E-state index in [9.17, 15) is 0 Å². The number of nitrogens with two attached hydrogens (primary N) is 1. The number of hydrogen-bond donors (Lipinski definition) is 1. The number of nitrogens with zero attached hydrogens (tertiary/aromatic N) is 1. The van der Waals surface area contributed by atoms with Gasteiger partial charge in [-0.2, -0.15) is 0 Å². The Morgan fingerprint density at radius 3 is 1.58 bits per heavy atom. The first-order valence-corrected chi connectivity index (χ1v) is 9.42. The average Bonchev–Trinajstić information content (AvgIpc) is 2.71. The van der Waals surface area contributed by atoms with Gasteiger partial charge in [0, 0.05) is 29.0 Å². The van der Waals surface area contributed by atoms with Gasteiger partial charge in [-0.25, -0.2) is 0 Å². The fourth-order valence-corrected chi connectivity index (χ4v) is 3.72. The molecule has 0 heterocycles. The zero-order valence-corrected chi connectivity index (χ0v) is 15.0. The molecule has 3 aromatic carbocycles. The number of rotatable bonds is 4. The van der Waals surface area contributed by atoms with Crippen molar-refractivity contribution in [3.63, 3.8) is 0 Å². The molecule has 0 amide bonds. The lowest BCUT2D eigenvalue weighted by Crippen LogP contribution is -2.26. The van der Waals surface area contributed by atoms with Crippen molar-refractivity contribution in [2.75, 3.05) is 4.90 Å². The van der Waals surface area contributed by atoms with Crippen LogP contribution in [0.1, 0.15) is 31.2 Å². The lowest BCUT2D eigenvalue weighted by Gasteiger charge is -2.28. The van der Waals surface area contributed by atoms with Crippen LogP contribution in [0.5, 0.6) is 0 Å². The van der Waals surface area contributed by atoms with Gasteiger partial charge in [0.1, 0.15) is 0 Å². The van der Waals surface area contributed by atoms with Crippen molar-refractivity contribution < 1.29 is 0 Å². The highest BCUT2D eigenvalue weighted by Crippen LogP contribution is 2.36. The minimum Gasteiger partial charge on any atom is -0.328 e. The third-order valence-electron chi connectivity index (χ3n) is 5.20. The van der Waals surface area contributed by atoms with Gasteiger partial charge in [-0.05, 0) is 67.6 Å². The van der Waals surface area contributed by atoms with E-state index >= 15 is 0 Å². The molecule has 131 valence electrons. The Balaban J connectivity index is 1.64. The first-order valence-electron chi connectivity index (χ1n) is 9.42. The standard InChI is InChI=1S/C24H25N2/c25-21-15-11-19(12-16-21)20-13-17-24(18-14-20)26(22-7-3-1-4-8-22)23-9-5-2-6-10-23/h1-10,13-14,17-18,21H,11-12,15-16,25H2. The van der Waals surface area contributed by atoms with Crippen LogP contribution in [0.4, 0.5) is 17.1 Å². The third kappa shape index (κ3) is 3.66. The van der Waals surface area contributed by atoms with Gasteiger partial charge in [-0.1, -0.05) is 48.5 Å². The summed E-state index contributed by atoms with van der Waals surface area (Å²) in [5.41, 5.74) is 10.9. The molecule has 0 spiro atoms. The minimum absolute atomic E-state index is 0.379. The molecule has 0 bridgehead atoms. The zero-order valence-electron chi connectivity index (χ0n) is 15.0. The predicted octanol–water partition coefficient (Wildman–Crippen LogP) is 5.98. The largest absolute Gasteiger partial charge is 0.328 e. The second kappa shape index (κ2) is 7.76. The van der Waals surface area contributed by atoms with E-state index in [2.05, 4.69) is 89.8 Å². The molecule has 1 radical (unpaired) electrons. The van der Waals surface area contributed by atoms with Crippen LogP contribution in [-0.2, 0) is 0 Å². The van der Waals surface area contributed by atoms with Crippen LogP contribution in [0.2, 0.25) is 0 Å². The quantitative estimate of drug-likeness (QED) is 0.632. The van der Waals surface area contributed by atoms with Crippen molar-refractivity contribution in [2.45, 2.75) is 31.7 Å². The van der Waals surface area contributed by atoms with Crippen molar-refractivity contribution >= 4 is 17.1 Å². The van der Waals surface area contributed by atoms with Gasteiger partial charge >= 0.3 is 0 Å². The Kier molecular flexibility index (Phi) is 5.03. The number of para-hydroxylation sites is 2. The summed E-state index contributed by atoms with van der Waals surface area (Å²) >= 11 is 0. The summed E-state index contributed by atoms with van der Waals surface area (Å²) in [6.45, 7) is 0. The zero-order chi connectivity index (χ0) is 17.8. The third-order valence-corrected chi connectivity index (χ3v) is 5.20. The molecule has 2 N–H and O–H groups in total. The second-order valence-electron chi connectivity index (χ2n) is 6.99. The van der Waals surface area contributed by atoms with E-state index in [1.807, 2.05) is 0 Å². The van der Waals surface area contributed by atoms with Crippen LogP contribution in [0, 0.1) is 5.92 Å². The van der Waals surface area contributed by atoms with E-state index < -0.39 is 0 Å². The van der Waals surface area contributed by atoms with Crippen molar-refractivity contribution in [1.82, 2.24) is 0 Å². The number of hydrogen-bond acceptors (Lipinski definition) is 2. The molecule has 26 heavy (non-hydrogen) atoms. The highest BCUT2D eigenvalue weighted by Gasteiger charge is 2.21. The molecule has 3 aromatic rings. The summed E-state index contributed by atoms with van der Waals surface area (Å²) in [5.74, 6) is 1.55. The van der Waals surface area contributed by atoms with Crippen molar-refractivity contribution in [3.05, 3.63) is 96.4 Å². The molecule has 0 unspecified atom stereocenters. The summed E-state index contributed by atoms with van der Waals surface area (Å²) in [5, 5.41) is 0. The van der Waals surface area contributed by atoms with Gasteiger partial charge in [0.15, 0.2) is 0 Å². The molecule has 0 atom stereocenters. The fraction of sp³-hybridized carbons (Fsp3) is 0.208. The molecule has 0 aliphatic heterocycles. The van der Waals surface area contributed by atoms with Crippen LogP contribution in [0.3, 0.4) is 0 Å². The van der Waals surface area contributed by atoms with E-state index in [0.29, 0.717) is 6.04 Å². The normalized spacial score (nSPS) is 15.7. The summed E-state index contributed by atoms with van der Waals surface area (Å²) in [6, 6.07) is 30.4. The van der Waals surface area contributed by atoms with Gasteiger partial charge in [-0.15, -0.1) is 0 Å². The predicted molar refractivity (Wildman–Crippen MR) is 110 cm³/mol. The Morgan fingerprint density at radius 2 is 1.08 bits per heavy atom. The molecule has 2 heteroatoms. The monoisotopic (exact) mass is 341 g/mol. The highest BCUT2D eigenvalue weighted by molar-refractivity contribution is 5.76. The Labute approximate surface area is 156 Å². The van der Waals surface area contributed by atoms with E-state index in [1.165, 1.54) is 22.6 Å². The van der Waals surface area contributed by atoms with E-state index in [-0.39, 0.29) is 0 Å². The smallest absolute Gasteiger partial charge is 0.0461 e. The lowest BCUT2D eigenvalue weighted by molar-refractivity contribution is 0.478. The lowest BCUT2D eigenvalue weighted by atomic mass is 9.82. The summed E-state index contributed by atoms with van der Waals surface area (Å²) in [6.07, 6.45) is 4.47. The SMILES string of the molecule is NC1CC[C](c2ccc(N(c3ccccc3)c3ccccc3)cc2)CC1. The van der Waals surface area contributed by atoms with Crippen LogP contribution in [0.15, 0.2) is 84.9 Å². The van der Waals surface area contributed by atoms with Gasteiger partial charge in [0.05, 0.1) is 0 Å². The van der Waals surface area contributed by atoms with Crippen LogP contribution < -0.4 is 10.6 Å². The second-order valence-corrected chi connectivity index (χ2v) is 6.99. The molecule has 1 fully saturated rings. The number of anilines is 3. The molecule has 1 aliphatic carbocycles.